The number of nitrogens with zero attached hydrogens (tertiary/aromatic N) is 3. The van der Waals surface area contributed by atoms with Crippen molar-refractivity contribution in [3.8, 4) is 0 Å². The fraction of sp³-hybridized carbons (Fsp3) is 0.524. The van der Waals surface area contributed by atoms with E-state index in [9.17, 15) is 4.79 Å². The summed E-state index contributed by atoms with van der Waals surface area (Å²) < 4.78 is 0. The molecule has 0 spiro atoms. The topological polar surface area (TPSA) is 36.4 Å². The summed E-state index contributed by atoms with van der Waals surface area (Å²) in [5, 5.41) is 3.79. The van der Waals surface area contributed by atoms with Gasteiger partial charge in [0, 0.05) is 37.1 Å². The van der Waals surface area contributed by atoms with E-state index in [1.54, 1.807) is 11.3 Å². The molecule has 3 rings (SSSR count). The quantitative estimate of drug-likeness (QED) is 0.696. The zero-order chi connectivity index (χ0) is 19.2. The minimum absolute atomic E-state index is 0.165. The largest absolute Gasteiger partial charge is 0.345 e. The molecule has 0 aliphatic carbocycles. The minimum atomic E-state index is 0.165. The number of aryl methyl sites for hydroxylation is 1. The second-order valence-electron chi connectivity index (χ2n) is 7.49. The van der Waals surface area contributed by atoms with Crippen molar-refractivity contribution in [1.82, 2.24) is 14.8 Å². The molecule has 1 aromatic heterocycles. The zero-order valence-electron chi connectivity index (χ0n) is 16.2. The number of carbonyl (C=O) groups is 1. The van der Waals surface area contributed by atoms with Gasteiger partial charge in [-0.1, -0.05) is 23.7 Å². The Bertz CT molecular complexity index is 746. The normalized spacial score (nSPS) is 17.8. The number of rotatable bonds is 7. The molecule has 0 saturated carbocycles. The van der Waals surface area contributed by atoms with Crippen LogP contribution in [0.3, 0.4) is 0 Å². The van der Waals surface area contributed by atoms with Gasteiger partial charge in [0.1, 0.15) is 0 Å². The SMILES string of the molecule is Cc1nc(CC(=O)N(C)CC2CCCN(CCc3ccc(Cl)cc3)C2)cs1. The fourth-order valence-electron chi connectivity index (χ4n) is 3.71. The Kier molecular flexibility index (Phi) is 7.27. The van der Waals surface area contributed by atoms with Crippen LogP contribution in [0.4, 0.5) is 0 Å². The molecule has 0 radical (unpaired) electrons. The molecule has 1 saturated heterocycles. The number of amides is 1. The first kappa shape index (κ1) is 20.3. The van der Waals surface area contributed by atoms with Crippen LogP contribution < -0.4 is 0 Å². The van der Waals surface area contributed by atoms with Crippen molar-refractivity contribution < 1.29 is 4.79 Å². The molecule has 1 fully saturated rings. The zero-order valence-corrected chi connectivity index (χ0v) is 17.7. The maximum absolute atomic E-state index is 12.5. The van der Waals surface area contributed by atoms with Crippen molar-refractivity contribution >= 4 is 28.8 Å². The Morgan fingerprint density at radius 2 is 2.15 bits per heavy atom. The average Bonchev–Trinajstić information content (AvgIpc) is 3.06. The van der Waals surface area contributed by atoms with E-state index in [1.165, 1.54) is 18.4 Å². The molecule has 1 amide bonds. The monoisotopic (exact) mass is 405 g/mol. The van der Waals surface area contributed by atoms with Gasteiger partial charge in [0.15, 0.2) is 0 Å². The van der Waals surface area contributed by atoms with Gasteiger partial charge in [-0.15, -0.1) is 11.3 Å². The number of likely N-dealkylation sites (N-methyl/N-ethyl adjacent to an activating group) is 1. The Balaban J connectivity index is 1.44. The van der Waals surface area contributed by atoms with Crippen molar-refractivity contribution in [3.63, 3.8) is 0 Å². The molecule has 1 aliphatic heterocycles. The highest BCUT2D eigenvalue weighted by Gasteiger charge is 2.23. The van der Waals surface area contributed by atoms with E-state index in [-0.39, 0.29) is 5.91 Å². The van der Waals surface area contributed by atoms with Gasteiger partial charge in [0.25, 0.3) is 0 Å². The van der Waals surface area contributed by atoms with Gasteiger partial charge < -0.3 is 9.80 Å². The Hall–Kier alpha value is -1.43. The highest BCUT2D eigenvalue weighted by Crippen LogP contribution is 2.19. The Labute approximate surface area is 171 Å². The van der Waals surface area contributed by atoms with E-state index in [2.05, 4.69) is 22.0 Å². The summed E-state index contributed by atoms with van der Waals surface area (Å²) in [4.78, 5) is 21.3. The first-order valence-electron chi connectivity index (χ1n) is 9.61. The van der Waals surface area contributed by atoms with Gasteiger partial charge in [0.05, 0.1) is 17.1 Å². The number of thiazole rings is 1. The Morgan fingerprint density at radius 1 is 1.37 bits per heavy atom. The number of hydrogen-bond acceptors (Lipinski definition) is 4. The highest BCUT2D eigenvalue weighted by molar-refractivity contribution is 7.09. The maximum atomic E-state index is 12.5. The van der Waals surface area contributed by atoms with E-state index in [4.69, 9.17) is 11.6 Å². The standard InChI is InChI=1S/C21H28ClN3OS/c1-16-23-20(15-27-16)12-21(26)24(2)13-18-4-3-10-25(14-18)11-9-17-5-7-19(22)8-6-17/h5-8,15,18H,3-4,9-14H2,1-2H3. The van der Waals surface area contributed by atoms with Crippen LogP contribution in [0.15, 0.2) is 29.6 Å². The lowest BCUT2D eigenvalue weighted by atomic mass is 9.97. The minimum Gasteiger partial charge on any atom is -0.345 e. The molecular formula is C21H28ClN3OS. The lowest BCUT2D eigenvalue weighted by molar-refractivity contribution is -0.130. The smallest absolute Gasteiger partial charge is 0.228 e. The van der Waals surface area contributed by atoms with Crippen molar-refractivity contribution in [3.05, 3.63) is 50.9 Å². The van der Waals surface area contributed by atoms with Gasteiger partial charge in [-0.3, -0.25) is 4.79 Å². The van der Waals surface area contributed by atoms with Gasteiger partial charge in [-0.2, -0.15) is 0 Å². The van der Waals surface area contributed by atoms with Gasteiger partial charge >= 0.3 is 0 Å². The lowest BCUT2D eigenvalue weighted by Crippen LogP contribution is -2.42. The van der Waals surface area contributed by atoms with Gasteiger partial charge in [0.2, 0.25) is 5.91 Å². The number of benzene rings is 1. The lowest BCUT2D eigenvalue weighted by Gasteiger charge is -2.34. The van der Waals surface area contributed by atoms with E-state index in [0.29, 0.717) is 12.3 Å². The summed E-state index contributed by atoms with van der Waals surface area (Å²) in [6, 6.07) is 8.13. The molecule has 1 aromatic carbocycles. The molecule has 27 heavy (non-hydrogen) atoms. The predicted octanol–water partition coefficient (Wildman–Crippen LogP) is 4.06. The van der Waals surface area contributed by atoms with Crippen LogP contribution in [0, 0.1) is 12.8 Å². The predicted molar refractivity (Wildman–Crippen MR) is 113 cm³/mol. The van der Waals surface area contributed by atoms with E-state index in [1.807, 2.05) is 36.4 Å². The van der Waals surface area contributed by atoms with E-state index < -0.39 is 0 Å². The summed E-state index contributed by atoms with van der Waals surface area (Å²) in [6.07, 6.45) is 3.86. The number of likely N-dealkylation sites (tertiary alicyclic amines) is 1. The van der Waals surface area contributed by atoms with Crippen molar-refractivity contribution in [1.29, 1.82) is 0 Å². The van der Waals surface area contributed by atoms with Crippen molar-refractivity contribution in [2.24, 2.45) is 5.92 Å². The number of carbonyl (C=O) groups excluding carboxylic acids is 1. The second-order valence-corrected chi connectivity index (χ2v) is 8.99. The van der Waals surface area contributed by atoms with E-state index >= 15 is 0 Å². The van der Waals surface area contributed by atoms with Gasteiger partial charge in [-0.05, 0) is 56.3 Å². The first-order chi connectivity index (χ1) is 13.0. The van der Waals surface area contributed by atoms with Crippen LogP contribution in [-0.2, 0) is 17.6 Å². The molecule has 0 bridgehead atoms. The molecule has 0 N–H and O–H groups in total. The molecule has 2 aromatic rings. The maximum Gasteiger partial charge on any atom is 0.228 e. The number of aromatic nitrogens is 1. The first-order valence-corrected chi connectivity index (χ1v) is 10.9. The van der Waals surface area contributed by atoms with Crippen LogP contribution in [0.25, 0.3) is 0 Å². The number of hydrogen-bond donors (Lipinski definition) is 0. The summed E-state index contributed by atoms with van der Waals surface area (Å²) in [6.45, 7) is 6.09. The third-order valence-corrected chi connectivity index (χ3v) is 6.26. The molecule has 1 unspecified atom stereocenters. The molecule has 6 heteroatoms. The average molecular weight is 406 g/mol. The van der Waals surface area contributed by atoms with Crippen LogP contribution >= 0.6 is 22.9 Å². The molecule has 1 atom stereocenters. The van der Waals surface area contributed by atoms with Crippen LogP contribution in [0.1, 0.15) is 29.1 Å². The van der Waals surface area contributed by atoms with Crippen LogP contribution in [0.5, 0.6) is 0 Å². The molecule has 2 heterocycles. The van der Waals surface area contributed by atoms with E-state index in [0.717, 1.165) is 48.3 Å². The second kappa shape index (κ2) is 9.67. The highest BCUT2D eigenvalue weighted by atomic mass is 35.5. The van der Waals surface area contributed by atoms with Crippen molar-refractivity contribution in [2.75, 3.05) is 33.2 Å². The van der Waals surface area contributed by atoms with Crippen molar-refractivity contribution in [2.45, 2.75) is 32.6 Å². The number of piperidine rings is 1. The Morgan fingerprint density at radius 3 is 2.85 bits per heavy atom. The van der Waals surface area contributed by atoms with Gasteiger partial charge in [-0.25, -0.2) is 4.98 Å². The fourth-order valence-corrected chi connectivity index (χ4v) is 4.45. The summed E-state index contributed by atoms with van der Waals surface area (Å²) in [7, 11) is 1.92. The molecule has 1 aliphatic rings. The molecule has 4 nitrogen and oxygen atoms in total. The molecule has 146 valence electrons. The summed E-state index contributed by atoms with van der Waals surface area (Å²) in [5.41, 5.74) is 2.22. The van der Waals surface area contributed by atoms with Crippen LogP contribution in [0.2, 0.25) is 5.02 Å². The van der Waals surface area contributed by atoms with Crippen LogP contribution in [-0.4, -0.2) is 53.9 Å². The molecular weight excluding hydrogens is 378 g/mol. The third kappa shape index (κ3) is 6.30. The third-order valence-electron chi connectivity index (χ3n) is 5.19. The summed E-state index contributed by atoms with van der Waals surface area (Å²) >= 11 is 7.56. The number of halogens is 1. The summed E-state index contributed by atoms with van der Waals surface area (Å²) in [5.74, 6) is 0.716.